The zero-order valence-corrected chi connectivity index (χ0v) is 20.0. The second-order valence-corrected chi connectivity index (χ2v) is 8.88. The Bertz CT molecular complexity index is 531. The Morgan fingerprint density at radius 1 is 0.933 bits per heavy atom. The van der Waals surface area contributed by atoms with Crippen LogP contribution in [0.2, 0.25) is 0 Å². The van der Waals surface area contributed by atoms with Crippen molar-refractivity contribution in [2.45, 2.75) is 91.9 Å². The zero-order chi connectivity index (χ0) is 22.5. The molecule has 3 heteroatoms. The summed E-state index contributed by atoms with van der Waals surface area (Å²) in [6.45, 7) is 8.50. The number of nitrogens with one attached hydrogen (secondary N) is 1. The van der Waals surface area contributed by atoms with Gasteiger partial charge in [0.05, 0.1) is 0 Å². The van der Waals surface area contributed by atoms with Crippen molar-refractivity contribution in [2.75, 3.05) is 13.2 Å². The normalized spacial score (nSPS) is 13.9. The van der Waals surface area contributed by atoms with E-state index in [1.165, 1.54) is 25.7 Å². The number of hydrogen-bond acceptors (Lipinski definition) is 1. The van der Waals surface area contributed by atoms with Gasteiger partial charge in [0.1, 0.15) is 6.67 Å². The first-order valence-electron chi connectivity index (χ1n) is 11.9. The molecule has 0 bridgehead atoms. The van der Waals surface area contributed by atoms with Crippen molar-refractivity contribution in [1.82, 2.24) is 5.32 Å². The Morgan fingerprint density at radius 3 is 2.07 bits per heavy atom. The van der Waals surface area contributed by atoms with Crippen LogP contribution in [0, 0.1) is 11.3 Å². The minimum Gasteiger partial charge on any atom is -0.353 e. The molecule has 0 aromatic heterocycles. The molecule has 0 aliphatic carbocycles. The van der Waals surface area contributed by atoms with Gasteiger partial charge in [0.15, 0.2) is 0 Å². The minimum atomic E-state index is -0.506. The predicted molar refractivity (Wildman–Crippen MR) is 130 cm³/mol. The molecule has 2 nitrogen and oxygen atoms in total. The lowest BCUT2D eigenvalue weighted by Crippen LogP contribution is -2.30. The van der Waals surface area contributed by atoms with E-state index >= 15 is 0 Å². The second-order valence-electron chi connectivity index (χ2n) is 8.88. The Kier molecular flexibility index (Phi) is 18.3. The zero-order valence-electron chi connectivity index (χ0n) is 20.0. The van der Waals surface area contributed by atoms with Crippen LogP contribution in [0.25, 0.3) is 0 Å². The fourth-order valence-electron chi connectivity index (χ4n) is 3.11. The van der Waals surface area contributed by atoms with Gasteiger partial charge in [0.2, 0.25) is 5.91 Å². The van der Waals surface area contributed by atoms with Crippen LogP contribution in [0.4, 0.5) is 4.39 Å². The van der Waals surface area contributed by atoms with Gasteiger partial charge in [0.25, 0.3) is 0 Å². The van der Waals surface area contributed by atoms with Crippen LogP contribution in [-0.4, -0.2) is 19.1 Å². The van der Waals surface area contributed by atoms with E-state index in [0.29, 0.717) is 5.41 Å². The minimum absolute atomic E-state index is 0.0572. The highest BCUT2D eigenvalue weighted by Crippen LogP contribution is 2.28. The lowest BCUT2D eigenvalue weighted by atomic mass is 9.83. The molecule has 0 spiro atoms. The van der Waals surface area contributed by atoms with Crippen molar-refractivity contribution in [2.24, 2.45) is 11.3 Å². The maximum atomic E-state index is 12.0. The van der Waals surface area contributed by atoms with E-state index in [9.17, 15) is 9.18 Å². The topological polar surface area (TPSA) is 29.1 Å². The third-order valence-electron chi connectivity index (χ3n) is 5.22. The standard InChI is InChI=1S/C27H46FNO/c1-5-6-18-21-27(3,4)22-19-16-14-12-10-8-7-9-11-13-15-17-20-25(2)26(30)29-24-23-28/h7,9-10,12-13,15-16,19,25H,5-6,8,11,14,17-18,20-24H2,1-4H3,(H,29,30)/b9-7-,12-10-,15-13-,19-16-/t25-/m0/s1. The molecule has 0 unspecified atom stereocenters. The van der Waals surface area contributed by atoms with Crippen molar-refractivity contribution in [3.63, 3.8) is 0 Å². The number of allylic oxidation sites excluding steroid dienone is 8. The highest BCUT2D eigenvalue weighted by molar-refractivity contribution is 5.78. The van der Waals surface area contributed by atoms with Crippen LogP contribution in [0.1, 0.15) is 91.9 Å². The molecule has 0 fully saturated rings. The van der Waals surface area contributed by atoms with Crippen molar-refractivity contribution in [3.05, 3.63) is 48.6 Å². The lowest BCUT2D eigenvalue weighted by molar-refractivity contribution is -0.124. The molecular formula is C27H46FNO. The molecule has 0 aliphatic heterocycles. The molecule has 30 heavy (non-hydrogen) atoms. The third-order valence-corrected chi connectivity index (χ3v) is 5.22. The van der Waals surface area contributed by atoms with Crippen LogP contribution < -0.4 is 5.32 Å². The molecule has 0 saturated carbocycles. The number of amides is 1. The van der Waals surface area contributed by atoms with Crippen molar-refractivity contribution in [1.29, 1.82) is 0 Å². The number of carbonyl (C=O) groups is 1. The van der Waals surface area contributed by atoms with E-state index < -0.39 is 6.67 Å². The molecule has 1 N–H and O–H groups in total. The number of rotatable bonds is 18. The third kappa shape index (κ3) is 18.4. The molecule has 0 heterocycles. The summed E-state index contributed by atoms with van der Waals surface area (Å²) in [5, 5.41) is 2.58. The van der Waals surface area contributed by atoms with Gasteiger partial charge >= 0.3 is 0 Å². The van der Waals surface area contributed by atoms with Crippen molar-refractivity contribution >= 4 is 5.91 Å². The molecule has 1 atom stereocenters. The van der Waals surface area contributed by atoms with Gasteiger partial charge in [-0.3, -0.25) is 4.79 Å². The van der Waals surface area contributed by atoms with Crippen LogP contribution in [0.5, 0.6) is 0 Å². The Hall–Kier alpha value is -1.64. The smallest absolute Gasteiger partial charge is 0.222 e. The van der Waals surface area contributed by atoms with E-state index in [4.69, 9.17) is 0 Å². The van der Waals surface area contributed by atoms with Gasteiger partial charge < -0.3 is 5.32 Å². The van der Waals surface area contributed by atoms with Crippen molar-refractivity contribution in [3.8, 4) is 0 Å². The largest absolute Gasteiger partial charge is 0.353 e. The summed E-state index contributed by atoms with van der Waals surface area (Å²) in [5.74, 6) is -0.124. The summed E-state index contributed by atoms with van der Waals surface area (Å²) in [6, 6.07) is 0. The summed E-state index contributed by atoms with van der Waals surface area (Å²) in [5.41, 5.74) is 0.422. The Morgan fingerprint density at radius 2 is 1.50 bits per heavy atom. The fourth-order valence-corrected chi connectivity index (χ4v) is 3.11. The van der Waals surface area contributed by atoms with E-state index in [1.54, 1.807) is 0 Å². The molecule has 0 aromatic carbocycles. The first kappa shape index (κ1) is 28.4. The van der Waals surface area contributed by atoms with Crippen LogP contribution in [-0.2, 0) is 4.79 Å². The predicted octanol–water partition coefficient (Wildman–Crippen LogP) is 7.88. The monoisotopic (exact) mass is 419 g/mol. The highest BCUT2D eigenvalue weighted by atomic mass is 19.1. The molecular weight excluding hydrogens is 373 g/mol. The first-order valence-corrected chi connectivity index (χ1v) is 11.9. The maximum absolute atomic E-state index is 12.0. The van der Waals surface area contributed by atoms with E-state index in [0.717, 1.165) is 38.5 Å². The molecule has 0 rings (SSSR count). The number of carbonyl (C=O) groups excluding carboxylic acids is 1. The quantitative estimate of drug-likeness (QED) is 0.178. The highest BCUT2D eigenvalue weighted by Gasteiger charge is 2.14. The van der Waals surface area contributed by atoms with Gasteiger partial charge in [-0.15, -0.1) is 0 Å². The molecule has 0 aliphatic rings. The number of unbranched alkanes of at least 4 members (excludes halogenated alkanes) is 2. The molecule has 1 amide bonds. The second kappa shape index (κ2) is 19.3. The summed E-state index contributed by atoms with van der Waals surface area (Å²) >= 11 is 0. The lowest BCUT2D eigenvalue weighted by Gasteiger charge is -2.22. The number of hydrogen-bond donors (Lipinski definition) is 1. The number of halogens is 1. The van der Waals surface area contributed by atoms with E-state index in [1.807, 2.05) is 6.92 Å². The molecule has 0 aromatic rings. The molecule has 172 valence electrons. The van der Waals surface area contributed by atoms with Crippen LogP contribution in [0.3, 0.4) is 0 Å². The van der Waals surface area contributed by atoms with E-state index in [2.05, 4.69) is 74.7 Å². The molecule has 0 saturated heterocycles. The van der Waals surface area contributed by atoms with Crippen LogP contribution in [0.15, 0.2) is 48.6 Å². The van der Waals surface area contributed by atoms with Gasteiger partial charge in [-0.05, 0) is 50.4 Å². The average molecular weight is 420 g/mol. The van der Waals surface area contributed by atoms with Gasteiger partial charge in [0, 0.05) is 12.5 Å². The van der Waals surface area contributed by atoms with Gasteiger partial charge in [-0.1, -0.05) is 95.6 Å². The molecule has 0 radical (unpaired) electrons. The van der Waals surface area contributed by atoms with Crippen LogP contribution >= 0.6 is 0 Å². The van der Waals surface area contributed by atoms with E-state index in [-0.39, 0.29) is 18.4 Å². The van der Waals surface area contributed by atoms with Crippen molar-refractivity contribution < 1.29 is 9.18 Å². The first-order chi connectivity index (χ1) is 14.4. The summed E-state index contributed by atoms with van der Waals surface area (Å²) in [7, 11) is 0. The number of alkyl halides is 1. The van der Waals surface area contributed by atoms with Gasteiger partial charge in [-0.2, -0.15) is 0 Å². The Balaban J connectivity index is 3.75. The maximum Gasteiger partial charge on any atom is 0.222 e. The summed E-state index contributed by atoms with van der Waals surface area (Å²) < 4.78 is 12.0. The average Bonchev–Trinajstić information content (AvgIpc) is 2.72. The fraction of sp³-hybridized carbons (Fsp3) is 0.667. The van der Waals surface area contributed by atoms with Gasteiger partial charge in [-0.25, -0.2) is 4.39 Å². The SMILES string of the molecule is CCCCCC(C)(C)C/C=C\C/C=C\C/C=C\C/C=C\CC[C@H](C)C(=O)NCCF. The Labute approximate surface area is 185 Å². The summed E-state index contributed by atoms with van der Waals surface area (Å²) in [6.07, 6.45) is 28.7. The summed E-state index contributed by atoms with van der Waals surface area (Å²) in [4.78, 5) is 11.6.